The van der Waals surface area contributed by atoms with Gasteiger partial charge in [-0.25, -0.2) is 4.79 Å². The van der Waals surface area contributed by atoms with Crippen LogP contribution in [0.15, 0.2) is 30.3 Å². The molecule has 0 amide bonds. The van der Waals surface area contributed by atoms with Gasteiger partial charge >= 0.3 is 23.9 Å². The lowest BCUT2D eigenvalue weighted by Gasteiger charge is -2.47. The van der Waals surface area contributed by atoms with Crippen molar-refractivity contribution in [1.29, 1.82) is 0 Å². The molecular formula is C33H46O12. The van der Waals surface area contributed by atoms with E-state index >= 15 is 0 Å². The highest BCUT2D eigenvalue weighted by Gasteiger charge is 2.61. The van der Waals surface area contributed by atoms with Crippen molar-refractivity contribution >= 4 is 23.9 Å². The molecule has 1 aromatic carbocycles. The number of rotatable bonds is 12. The largest absolute Gasteiger partial charge is 0.465 e. The van der Waals surface area contributed by atoms with E-state index in [1.165, 1.54) is 21.0 Å². The van der Waals surface area contributed by atoms with Gasteiger partial charge in [-0.05, 0) is 23.8 Å². The number of hydrogen-bond donors (Lipinski definition) is 0. The van der Waals surface area contributed by atoms with Crippen molar-refractivity contribution < 1.29 is 57.1 Å². The van der Waals surface area contributed by atoms with Crippen LogP contribution in [0.3, 0.4) is 0 Å². The Kier molecular flexibility index (Phi) is 11.6. The minimum atomic E-state index is -2.03. The molecule has 0 N–H and O–H groups in total. The second kappa shape index (κ2) is 15.0. The molecule has 4 rings (SSSR count). The average molecular weight is 635 g/mol. The van der Waals surface area contributed by atoms with Gasteiger partial charge in [0.25, 0.3) is 5.79 Å². The fourth-order valence-corrected chi connectivity index (χ4v) is 6.50. The van der Waals surface area contributed by atoms with Crippen LogP contribution in [0.5, 0.6) is 0 Å². The highest BCUT2D eigenvalue weighted by atomic mass is 16.8. The summed E-state index contributed by atoms with van der Waals surface area (Å²) in [6.45, 7) is 10.8. The van der Waals surface area contributed by atoms with Crippen molar-refractivity contribution in [3.05, 3.63) is 35.9 Å². The molecule has 0 radical (unpaired) electrons. The van der Waals surface area contributed by atoms with Crippen LogP contribution in [0, 0.1) is 23.7 Å². The fraction of sp³-hybridized carbons (Fsp3) is 0.697. The molecule has 12 nitrogen and oxygen atoms in total. The van der Waals surface area contributed by atoms with Crippen LogP contribution in [0.2, 0.25) is 0 Å². The number of benzene rings is 1. The highest BCUT2D eigenvalue weighted by molar-refractivity contribution is 5.79. The number of carbonyl (C=O) groups excluding carboxylic acids is 4. The summed E-state index contributed by atoms with van der Waals surface area (Å²) in [5.74, 6) is -4.93. The summed E-state index contributed by atoms with van der Waals surface area (Å²) >= 11 is 0. The fourth-order valence-electron chi connectivity index (χ4n) is 6.50. The number of methoxy groups -OCH3 is 1. The Morgan fingerprint density at radius 3 is 2.31 bits per heavy atom. The first-order valence-corrected chi connectivity index (χ1v) is 15.6. The van der Waals surface area contributed by atoms with E-state index in [0.29, 0.717) is 6.61 Å². The smallest absolute Gasteiger partial charge is 0.366 e. The second-order valence-corrected chi connectivity index (χ2v) is 12.3. The highest BCUT2D eigenvalue weighted by Crippen LogP contribution is 2.45. The number of fused-ring (bicyclic) bond motifs is 1. The topological polar surface area (TPSA) is 142 Å². The van der Waals surface area contributed by atoms with Crippen LogP contribution in [-0.4, -0.2) is 80.2 Å². The summed E-state index contributed by atoms with van der Waals surface area (Å²) in [5, 5.41) is 0. The maximum Gasteiger partial charge on any atom is 0.366 e. The molecule has 3 saturated heterocycles. The van der Waals surface area contributed by atoms with Crippen LogP contribution in [0.4, 0.5) is 0 Å². The molecule has 12 heteroatoms. The number of carbonyl (C=O) groups is 4. The number of ether oxygens (including phenoxy) is 8. The lowest BCUT2D eigenvalue weighted by Crippen LogP contribution is -2.62. The van der Waals surface area contributed by atoms with E-state index < -0.39 is 72.4 Å². The zero-order valence-corrected chi connectivity index (χ0v) is 27.1. The van der Waals surface area contributed by atoms with E-state index in [2.05, 4.69) is 20.8 Å². The van der Waals surface area contributed by atoms with Gasteiger partial charge in [0, 0.05) is 25.7 Å². The average Bonchev–Trinajstić information content (AvgIpc) is 3.39. The summed E-state index contributed by atoms with van der Waals surface area (Å²) in [6.07, 6.45) is -4.93. The standard InChI is InChI=1S/C33H46O12/c1-8-25(41-21(5)34)30(42-22(6)35)29-24-14-28(36)43-26(24)15-33(45-29,32(37)38-7)40-17-27-19(3)18(2)20(4)31(44-27)39-16-23-12-10-9-11-13-23/h9-13,18-20,24-27,29-31H,8,14-17H2,1-7H3/t18?,19-,20-,24+,25+,26?,27?,29?,30+,31-,33+/m0/s1. The molecule has 3 heterocycles. The summed E-state index contributed by atoms with van der Waals surface area (Å²) in [4.78, 5) is 50.2. The van der Waals surface area contributed by atoms with E-state index in [4.69, 9.17) is 37.9 Å². The lowest BCUT2D eigenvalue weighted by molar-refractivity contribution is -0.331. The molecule has 250 valence electrons. The molecule has 0 saturated carbocycles. The molecule has 11 atom stereocenters. The van der Waals surface area contributed by atoms with E-state index in [9.17, 15) is 19.2 Å². The molecule has 0 bridgehead atoms. The Morgan fingerprint density at radius 1 is 1.00 bits per heavy atom. The van der Waals surface area contributed by atoms with Crippen molar-refractivity contribution in [3.8, 4) is 0 Å². The quantitative estimate of drug-likeness (QED) is 0.244. The molecule has 3 aliphatic rings. The van der Waals surface area contributed by atoms with Gasteiger partial charge in [0.15, 0.2) is 12.4 Å². The Hall–Kier alpha value is -3.06. The summed E-state index contributed by atoms with van der Waals surface area (Å²) in [7, 11) is 1.20. The van der Waals surface area contributed by atoms with Gasteiger partial charge in [-0.3, -0.25) is 14.4 Å². The zero-order valence-electron chi connectivity index (χ0n) is 27.1. The van der Waals surface area contributed by atoms with E-state index in [0.717, 1.165) is 5.56 Å². The molecule has 0 spiro atoms. The summed E-state index contributed by atoms with van der Waals surface area (Å²) in [6, 6.07) is 9.79. The first-order valence-electron chi connectivity index (χ1n) is 15.6. The van der Waals surface area contributed by atoms with Crippen LogP contribution in [0.25, 0.3) is 0 Å². The van der Waals surface area contributed by atoms with Gasteiger partial charge in [-0.15, -0.1) is 0 Å². The van der Waals surface area contributed by atoms with Gasteiger partial charge in [-0.2, -0.15) is 0 Å². The van der Waals surface area contributed by atoms with E-state index in [1.54, 1.807) is 6.92 Å². The third kappa shape index (κ3) is 8.03. The third-order valence-corrected chi connectivity index (χ3v) is 9.31. The molecular weight excluding hydrogens is 588 g/mol. The Balaban J connectivity index is 1.60. The molecule has 0 aromatic heterocycles. The normalized spacial score (nSPS) is 34.2. The predicted molar refractivity (Wildman–Crippen MR) is 157 cm³/mol. The van der Waals surface area contributed by atoms with Gasteiger partial charge in [-0.1, -0.05) is 58.0 Å². The Morgan fingerprint density at radius 2 is 1.69 bits per heavy atom. The Bertz CT molecular complexity index is 1190. The van der Waals surface area contributed by atoms with Crippen molar-refractivity contribution in [3.63, 3.8) is 0 Å². The van der Waals surface area contributed by atoms with Crippen molar-refractivity contribution in [2.45, 2.75) is 110 Å². The lowest BCUT2D eigenvalue weighted by atomic mass is 9.79. The first-order chi connectivity index (χ1) is 21.4. The van der Waals surface area contributed by atoms with Gasteiger partial charge in [0.1, 0.15) is 18.3 Å². The SMILES string of the molecule is CC[C@@H](OC(C)=O)[C@@H](OC(C)=O)C1O[C@@](OCC2O[C@H](OCc3ccccc3)[C@@H](C)C(C)[C@@H]2C)(C(=O)OC)CC2OC(=O)C[C@H]21. The second-order valence-electron chi connectivity index (χ2n) is 12.3. The maximum absolute atomic E-state index is 13.5. The number of esters is 4. The molecule has 3 fully saturated rings. The predicted octanol–water partition coefficient (Wildman–Crippen LogP) is 3.72. The van der Waals surface area contributed by atoms with Crippen LogP contribution < -0.4 is 0 Å². The third-order valence-electron chi connectivity index (χ3n) is 9.31. The van der Waals surface area contributed by atoms with Crippen LogP contribution in [0.1, 0.15) is 66.4 Å². The minimum Gasteiger partial charge on any atom is -0.465 e. The van der Waals surface area contributed by atoms with Gasteiger partial charge in [0.05, 0.1) is 39.3 Å². The van der Waals surface area contributed by atoms with Crippen molar-refractivity contribution in [1.82, 2.24) is 0 Å². The van der Waals surface area contributed by atoms with E-state index in [-0.39, 0.29) is 43.6 Å². The molecule has 45 heavy (non-hydrogen) atoms. The van der Waals surface area contributed by atoms with E-state index in [1.807, 2.05) is 30.3 Å². The number of hydrogen-bond acceptors (Lipinski definition) is 12. The monoisotopic (exact) mass is 634 g/mol. The van der Waals surface area contributed by atoms with Gasteiger partial charge < -0.3 is 37.9 Å². The molecule has 3 aliphatic heterocycles. The van der Waals surface area contributed by atoms with Crippen molar-refractivity contribution in [2.24, 2.45) is 23.7 Å². The maximum atomic E-state index is 13.5. The zero-order chi connectivity index (χ0) is 32.9. The van der Waals surface area contributed by atoms with Crippen molar-refractivity contribution in [2.75, 3.05) is 13.7 Å². The van der Waals surface area contributed by atoms with Crippen LogP contribution >= 0.6 is 0 Å². The Labute approximate surface area is 264 Å². The summed E-state index contributed by atoms with van der Waals surface area (Å²) in [5.41, 5.74) is 1.01. The van der Waals surface area contributed by atoms with Crippen LogP contribution in [-0.2, 0) is 63.7 Å². The molecule has 4 unspecified atom stereocenters. The molecule has 0 aliphatic carbocycles. The molecule has 1 aromatic rings. The van der Waals surface area contributed by atoms with Gasteiger partial charge in [0.2, 0.25) is 0 Å². The summed E-state index contributed by atoms with van der Waals surface area (Å²) < 4.78 is 47.3. The first kappa shape index (κ1) is 34.8. The minimum absolute atomic E-state index is 0.0185.